The lowest BCUT2D eigenvalue weighted by Gasteiger charge is -2.42. The Balaban J connectivity index is 1.01. The predicted molar refractivity (Wildman–Crippen MR) is 225 cm³/mol. The average Bonchev–Trinajstić information content (AvgIpc) is 3.76. The van der Waals surface area contributed by atoms with E-state index in [1.165, 1.54) is 82.7 Å². The molecule has 3 heterocycles. The van der Waals surface area contributed by atoms with Gasteiger partial charge in [-0.1, -0.05) is 140 Å². The second-order valence-corrected chi connectivity index (χ2v) is 14.6. The van der Waals surface area contributed by atoms with Crippen LogP contribution in [0.1, 0.15) is 24.3 Å². The second kappa shape index (κ2) is 12.6. The summed E-state index contributed by atoms with van der Waals surface area (Å²) >= 11 is 0. The number of nitrogens with one attached hydrogen (secondary N) is 2. The number of hydrogen-bond donors (Lipinski definition) is 2. The van der Waals surface area contributed by atoms with Crippen LogP contribution in [0.25, 0.3) is 71.6 Å². The first kappa shape index (κ1) is 31.1. The number of nitrogens with zero attached hydrogens (tertiary/aromatic N) is 2. The molecule has 9 aromatic rings. The van der Waals surface area contributed by atoms with E-state index in [0.29, 0.717) is 0 Å². The van der Waals surface area contributed by atoms with Gasteiger partial charge in [0.15, 0.2) is 0 Å². The van der Waals surface area contributed by atoms with Crippen molar-refractivity contribution < 1.29 is 0 Å². The zero-order valence-electron chi connectivity index (χ0n) is 29.7. The molecule has 1 saturated heterocycles. The number of rotatable bonds is 5. The summed E-state index contributed by atoms with van der Waals surface area (Å²) in [6.45, 7) is 0. The van der Waals surface area contributed by atoms with Crippen molar-refractivity contribution in [3.8, 4) is 27.9 Å². The van der Waals surface area contributed by atoms with Crippen LogP contribution >= 0.6 is 0 Å². The molecule has 0 bridgehead atoms. The van der Waals surface area contributed by atoms with Crippen molar-refractivity contribution in [2.45, 2.75) is 24.8 Å². The third-order valence-corrected chi connectivity index (χ3v) is 11.6. The normalized spacial score (nSPS) is 18.4. The summed E-state index contributed by atoms with van der Waals surface area (Å²) in [6, 6.07) is 62.3. The quantitative estimate of drug-likeness (QED) is 0.188. The summed E-state index contributed by atoms with van der Waals surface area (Å²) in [5.74, 6) is 0. The minimum atomic E-state index is -0.105. The van der Waals surface area contributed by atoms with E-state index in [0.717, 1.165) is 6.42 Å². The van der Waals surface area contributed by atoms with Gasteiger partial charge in [0.1, 0.15) is 6.29 Å². The van der Waals surface area contributed by atoms with Crippen LogP contribution < -0.4 is 10.6 Å². The monoisotopic (exact) mass is 694 g/mol. The lowest BCUT2D eigenvalue weighted by molar-refractivity contribution is 0.248. The lowest BCUT2D eigenvalue weighted by Crippen LogP contribution is -2.53. The van der Waals surface area contributed by atoms with Crippen LogP contribution in [-0.2, 0) is 0 Å². The van der Waals surface area contributed by atoms with Crippen molar-refractivity contribution in [1.29, 1.82) is 0 Å². The fraction of sp³-hybridized carbons (Fsp3) is 0.0800. The number of allylic oxidation sites excluding steroid dienone is 2. The Morgan fingerprint density at radius 3 is 1.78 bits per heavy atom. The van der Waals surface area contributed by atoms with Crippen molar-refractivity contribution in [3.05, 3.63) is 199 Å². The van der Waals surface area contributed by atoms with Crippen LogP contribution in [0, 0.1) is 0 Å². The van der Waals surface area contributed by atoms with Crippen molar-refractivity contribution >= 4 is 43.6 Å². The molecular formula is C50H38N4. The lowest BCUT2D eigenvalue weighted by atomic mass is 9.86. The van der Waals surface area contributed by atoms with E-state index in [-0.39, 0.29) is 18.4 Å². The number of para-hydroxylation sites is 3. The number of benzene rings is 7. The Labute approximate surface area is 314 Å². The Hall–Kier alpha value is -6.46. The van der Waals surface area contributed by atoms with E-state index in [1.54, 1.807) is 0 Å². The Morgan fingerprint density at radius 1 is 0.463 bits per heavy atom. The van der Waals surface area contributed by atoms with E-state index in [1.807, 2.05) is 0 Å². The Bertz CT molecular complexity index is 2910. The maximum Gasteiger partial charge on any atom is 0.140 e. The molecule has 3 unspecified atom stereocenters. The molecule has 258 valence electrons. The molecule has 0 spiro atoms. The Kier molecular flexibility index (Phi) is 7.25. The van der Waals surface area contributed by atoms with Gasteiger partial charge in [0.2, 0.25) is 0 Å². The smallest absolute Gasteiger partial charge is 0.140 e. The van der Waals surface area contributed by atoms with Gasteiger partial charge in [-0.2, -0.15) is 0 Å². The summed E-state index contributed by atoms with van der Waals surface area (Å²) in [4.78, 5) is 0. The third kappa shape index (κ3) is 4.99. The highest BCUT2D eigenvalue weighted by Crippen LogP contribution is 2.40. The van der Waals surface area contributed by atoms with E-state index in [2.05, 4.69) is 208 Å². The molecule has 4 nitrogen and oxygen atoms in total. The van der Waals surface area contributed by atoms with Crippen molar-refractivity contribution in [2.75, 3.05) is 0 Å². The first-order valence-corrected chi connectivity index (χ1v) is 18.9. The minimum Gasteiger partial charge on any atom is -0.311 e. The number of hydrogen-bond acceptors (Lipinski definition) is 2. The molecule has 0 saturated carbocycles. The van der Waals surface area contributed by atoms with Gasteiger partial charge in [-0.15, -0.1) is 0 Å². The molecule has 2 aliphatic rings. The fourth-order valence-corrected chi connectivity index (χ4v) is 9.01. The standard InChI is InChI=1S/C50H38N4/c1-3-13-33(14-4-1)34-23-25-35(26-24-34)49-41-19-7-10-20-44(41)51-50(52-49)54-46-22-12-9-18-40(46)43-32-37(28-30-48(43)54)36-27-29-47-42(31-36)39-17-8-11-21-45(39)53(47)38-15-5-2-6-16-38/h1-19,21-32,44,49-52H,20H2. The summed E-state index contributed by atoms with van der Waals surface area (Å²) in [5, 5.41) is 13.1. The summed E-state index contributed by atoms with van der Waals surface area (Å²) in [5.41, 5.74) is 13.6. The highest BCUT2D eigenvalue weighted by molar-refractivity contribution is 6.12. The largest absolute Gasteiger partial charge is 0.311 e. The van der Waals surface area contributed by atoms with Crippen molar-refractivity contribution in [3.63, 3.8) is 0 Å². The third-order valence-electron chi connectivity index (χ3n) is 11.6. The first-order chi connectivity index (χ1) is 26.8. The molecule has 2 N–H and O–H groups in total. The number of fused-ring (bicyclic) bond motifs is 7. The fourth-order valence-electron chi connectivity index (χ4n) is 9.01. The van der Waals surface area contributed by atoms with Crippen LogP contribution in [0.5, 0.6) is 0 Å². The van der Waals surface area contributed by atoms with Crippen LogP contribution in [0.2, 0.25) is 0 Å². The van der Waals surface area contributed by atoms with E-state index < -0.39 is 0 Å². The topological polar surface area (TPSA) is 33.9 Å². The van der Waals surface area contributed by atoms with E-state index in [4.69, 9.17) is 0 Å². The molecule has 3 atom stereocenters. The van der Waals surface area contributed by atoms with Gasteiger partial charge < -0.3 is 9.13 Å². The summed E-state index contributed by atoms with van der Waals surface area (Å²) in [7, 11) is 0. The van der Waals surface area contributed by atoms with Crippen LogP contribution in [0.3, 0.4) is 0 Å². The van der Waals surface area contributed by atoms with Crippen molar-refractivity contribution in [2.24, 2.45) is 0 Å². The van der Waals surface area contributed by atoms with Crippen LogP contribution in [0.15, 0.2) is 194 Å². The van der Waals surface area contributed by atoms with Gasteiger partial charge in [-0.3, -0.25) is 10.6 Å². The Morgan fingerprint density at radius 2 is 1.02 bits per heavy atom. The zero-order chi connectivity index (χ0) is 35.6. The minimum absolute atomic E-state index is 0.0799. The maximum absolute atomic E-state index is 4.06. The van der Waals surface area contributed by atoms with Crippen LogP contribution in [-0.4, -0.2) is 15.2 Å². The molecule has 0 radical (unpaired) electrons. The van der Waals surface area contributed by atoms with Gasteiger partial charge in [0.25, 0.3) is 0 Å². The molecular weight excluding hydrogens is 657 g/mol. The van der Waals surface area contributed by atoms with E-state index >= 15 is 0 Å². The molecule has 11 rings (SSSR count). The molecule has 2 aromatic heterocycles. The van der Waals surface area contributed by atoms with E-state index in [9.17, 15) is 0 Å². The highest BCUT2D eigenvalue weighted by Gasteiger charge is 2.35. The van der Waals surface area contributed by atoms with Gasteiger partial charge in [-0.05, 0) is 88.3 Å². The van der Waals surface area contributed by atoms with Gasteiger partial charge in [0.05, 0.1) is 28.1 Å². The highest BCUT2D eigenvalue weighted by atomic mass is 15.4. The molecule has 1 aliphatic carbocycles. The van der Waals surface area contributed by atoms with Crippen molar-refractivity contribution in [1.82, 2.24) is 19.8 Å². The van der Waals surface area contributed by atoms with Gasteiger partial charge >= 0.3 is 0 Å². The maximum atomic E-state index is 4.06. The van der Waals surface area contributed by atoms with Gasteiger partial charge in [0, 0.05) is 33.3 Å². The molecule has 4 heteroatoms. The SMILES string of the molecule is C1=CCC2NC(n3c4ccccc4c4cc(-c5ccc6c(c5)c5ccccc5n6-c5ccccc5)ccc43)NC(c3ccc(-c4ccccc4)cc3)C2=C1. The van der Waals surface area contributed by atoms with Gasteiger partial charge in [-0.25, -0.2) is 0 Å². The first-order valence-electron chi connectivity index (χ1n) is 18.9. The zero-order valence-corrected chi connectivity index (χ0v) is 29.7. The average molecular weight is 695 g/mol. The molecule has 0 amide bonds. The number of aromatic nitrogens is 2. The van der Waals surface area contributed by atoms with Crippen LogP contribution in [0.4, 0.5) is 0 Å². The molecule has 1 fully saturated rings. The molecule has 54 heavy (non-hydrogen) atoms. The molecule has 7 aromatic carbocycles. The predicted octanol–water partition coefficient (Wildman–Crippen LogP) is 11.9. The second-order valence-electron chi connectivity index (χ2n) is 14.6. The molecule has 1 aliphatic heterocycles. The summed E-state index contributed by atoms with van der Waals surface area (Å²) < 4.78 is 4.86. The summed E-state index contributed by atoms with van der Waals surface area (Å²) in [6.07, 6.45) is 7.65.